The van der Waals surface area contributed by atoms with Gasteiger partial charge in [0.1, 0.15) is 5.82 Å². The molecule has 1 unspecified atom stereocenters. The largest absolute Gasteiger partial charge is 0.399 e. The van der Waals surface area contributed by atoms with Crippen molar-refractivity contribution < 1.29 is 9.13 Å². The molecule has 92 valence electrons. The van der Waals surface area contributed by atoms with Gasteiger partial charge in [0, 0.05) is 32.5 Å². The van der Waals surface area contributed by atoms with Crippen LogP contribution in [0.3, 0.4) is 0 Å². The number of nitrogens with two attached hydrogens (primary N) is 1. The maximum absolute atomic E-state index is 13.7. The smallest absolute Gasteiger partial charge is 0.148 e. The SMILES string of the molecule is COCC1[C@H]2CN(c3ccc(N)cc3F)C[C@@H]12. The number of halogens is 1. The van der Waals surface area contributed by atoms with Crippen molar-refractivity contribution in [3.63, 3.8) is 0 Å². The van der Waals surface area contributed by atoms with Crippen LogP contribution in [0.4, 0.5) is 15.8 Å². The Bertz CT molecular complexity index is 425. The zero-order chi connectivity index (χ0) is 12.0. The van der Waals surface area contributed by atoms with Crippen LogP contribution < -0.4 is 10.6 Å². The summed E-state index contributed by atoms with van der Waals surface area (Å²) < 4.78 is 18.9. The van der Waals surface area contributed by atoms with E-state index < -0.39 is 0 Å². The van der Waals surface area contributed by atoms with Crippen LogP contribution in [0, 0.1) is 23.6 Å². The van der Waals surface area contributed by atoms with Gasteiger partial charge in [0.05, 0.1) is 5.69 Å². The Balaban J connectivity index is 1.69. The van der Waals surface area contributed by atoms with Crippen LogP contribution in [-0.4, -0.2) is 26.8 Å². The molecule has 1 saturated heterocycles. The molecule has 17 heavy (non-hydrogen) atoms. The zero-order valence-electron chi connectivity index (χ0n) is 9.90. The number of ether oxygens (including phenoxy) is 1. The highest BCUT2D eigenvalue weighted by Crippen LogP contribution is 2.52. The van der Waals surface area contributed by atoms with Gasteiger partial charge in [-0.2, -0.15) is 0 Å². The first-order valence-corrected chi connectivity index (χ1v) is 5.99. The van der Waals surface area contributed by atoms with Crippen LogP contribution >= 0.6 is 0 Å². The van der Waals surface area contributed by atoms with Gasteiger partial charge in [-0.3, -0.25) is 0 Å². The van der Waals surface area contributed by atoms with E-state index in [4.69, 9.17) is 10.5 Å². The van der Waals surface area contributed by atoms with Crippen molar-refractivity contribution in [2.45, 2.75) is 0 Å². The number of nitrogen functional groups attached to an aromatic ring is 1. The first-order chi connectivity index (χ1) is 8.20. The highest BCUT2D eigenvalue weighted by atomic mass is 19.1. The number of methoxy groups -OCH3 is 1. The Morgan fingerprint density at radius 2 is 2.12 bits per heavy atom. The summed E-state index contributed by atoms with van der Waals surface area (Å²) in [5, 5.41) is 0. The van der Waals surface area contributed by atoms with Crippen molar-refractivity contribution >= 4 is 11.4 Å². The average molecular weight is 236 g/mol. The minimum Gasteiger partial charge on any atom is -0.399 e. The molecule has 1 heterocycles. The van der Waals surface area contributed by atoms with E-state index in [1.54, 1.807) is 19.2 Å². The lowest BCUT2D eigenvalue weighted by atomic mass is 10.2. The lowest BCUT2D eigenvalue weighted by Crippen LogP contribution is -2.25. The van der Waals surface area contributed by atoms with Gasteiger partial charge in [0.15, 0.2) is 0 Å². The monoisotopic (exact) mass is 236 g/mol. The van der Waals surface area contributed by atoms with E-state index in [1.807, 2.05) is 0 Å². The van der Waals surface area contributed by atoms with Gasteiger partial charge < -0.3 is 15.4 Å². The second kappa shape index (κ2) is 3.88. The molecular formula is C13H17FN2O. The van der Waals surface area contributed by atoms with Crippen molar-refractivity contribution in [2.75, 3.05) is 37.4 Å². The fraction of sp³-hybridized carbons (Fsp3) is 0.538. The molecule has 3 nitrogen and oxygen atoms in total. The van der Waals surface area contributed by atoms with E-state index in [0.717, 1.165) is 19.7 Å². The number of piperidine rings is 1. The molecule has 2 fully saturated rings. The minimum absolute atomic E-state index is 0.213. The van der Waals surface area contributed by atoms with Gasteiger partial charge in [0.2, 0.25) is 0 Å². The third-order valence-electron chi connectivity index (χ3n) is 4.04. The van der Waals surface area contributed by atoms with Gasteiger partial charge in [-0.05, 0) is 36.0 Å². The van der Waals surface area contributed by atoms with Crippen molar-refractivity contribution in [3.8, 4) is 0 Å². The number of hydrogen-bond acceptors (Lipinski definition) is 3. The Kier molecular flexibility index (Phi) is 2.47. The second-order valence-corrected chi connectivity index (χ2v) is 5.06. The molecule has 2 N–H and O–H groups in total. The summed E-state index contributed by atoms with van der Waals surface area (Å²) >= 11 is 0. The Morgan fingerprint density at radius 3 is 2.71 bits per heavy atom. The number of rotatable bonds is 3. The molecule has 4 heteroatoms. The fourth-order valence-electron chi connectivity index (χ4n) is 3.07. The normalized spacial score (nSPS) is 30.5. The lowest BCUT2D eigenvalue weighted by Gasteiger charge is -2.22. The highest BCUT2D eigenvalue weighted by Gasteiger charge is 2.55. The molecule has 1 aliphatic carbocycles. The van der Waals surface area contributed by atoms with E-state index in [1.165, 1.54) is 6.07 Å². The third kappa shape index (κ3) is 1.76. The molecule has 0 amide bonds. The van der Waals surface area contributed by atoms with Crippen LogP contribution in [0.15, 0.2) is 18.2 Å². The molecule has 3 rings (SSSR count). The topological polar surface area (TPSA) is 38.5 Å². The highest BCUT2D eigenvalue weighted by molar-refractivity contribution is 5.55. The number of fused-ring (bicyclic) bond motifs is 1. The molecule has 0 radical (unpaired) electrons. The minimum atomic E-state index is -0.213. The van der Waals surface area contributed by atoms with Crippen LogP contribution in [-0.2, 0) is 4.74 Å². The van der Waals surface area contributed by atoms with E-state index in [-0.39, 0.29) is 5.82 Å². The Morgan fingerprint density at radius 1 is 1.41 bits per heavy atom. The first-order valence-electron chi connectivity index (χ1n) is 5.99. The molecule has 1 aromatic rings. The third-order valence-corrected chi connectivity index (χ3v) is 4.04. The number of benzene rings is 1. The van der Waals surface area contributed by atoms with E-state index in [0.29, 0.717) is 29.1 Å². The lowest BCUT2D eigenvalue weighted by molar-refractivity contribution is 0.176. The van der Waals surface area contributed by atoms with E-state index in [9.17, 15) is 4.39 Å². The average Bonchev–Trinajstić information content (AvgIpc) is 2.73. The maximum Gasteiger partial charge on any atom is 0.148 e. The molecule has 0 aromatic heterocycles. The van der Waals surface area contributed by atoms with Crippen molar-refractivity contribution in [1.82, 2.24) is 0 Å². The van der Waals surface area contributed by atoms with Crippen molar-refractivity contribution in [3.05, 3.63) is 24.0 Å². The molecule has 3 atom stereocenters. The van der Waals surface area contributed by atoms with Crippen LogP contribution in [0.25, 0.3) is 0 Å². The summed E-state index contributed by atoms with van der Waals surface area (Å²) in [6, 6.07) is 4.93. The summed E-state index contributed by atoms with van der Waals surface area (Å²) in [5.41, 5.74) is 6.71. The van der Waals surface area contributed by atoms with Crippen molar-refractivity contribution in [1.29, 1.82) is 0 Å². The molecule has 0 bridgehead atoms. The van der Waals surface area contributed by atoms with Crippen LogP contribution in [0.2, 0.25) is 0 Å². The van der Waals surface area contributed by atoms with Crippen LogP contribution in [0.1, 0.15) is 0 Å². The van der Waals surface area contributed by atoms with Gasteiger partial charge in [-0.1, -0.05) is 0 Å². The molecule has 0 spiro atoms. The molecule has 1 saturated carbocycles. The molecular weight excluding hydrogens is 219 g/mol. The Hall–Kier alpha value is -1.29. The summed E-state index contributed by atoms with van der Waals surface area (Å²) in [6.45, 7) is 2.73. The molecule has 1 aromatic carbocycles. The van der Waals surface area contributed by atoms with Gasteiger partial charge in [0.25, 0.3) is 0 Å². The fourth-order valence-corrected chi connectivity index (χ4v) is 3.07. The summed E-state index contributed by atoms with van der Waals surface area (Å²) in [5.74, 6) is 1.85. The number of hydrogen-bond donors (Lipinski definition) is 1. The van der Waals surface area contributed by atoms with Gasteiger partial charge in [-0.15, -0.1) is 0 Å². The predicted molar refractivity (Wildman–Crippen MR) is 65.4 cm³/mol. The second-order valence-electron chi connectivity index (χ2n) is 5.06. The van der Waals surface area contributed by atoms with Gasteiger partial charge >= 0.3 is 0 Å². The van der Waals surface area contributed by atoms with E-state index >= 15 is 0 Å². The molecule has 2 aliphatic rings. The maximum atomic E-state index is 13.7. The summed E-state index contributed by atoms with van der Waals surface area (Å²) in [4.78, 5) is 2.12. The van der Waals surface area contributed by atoms with Crippen molar-refractivity contribution in [2.24, 2.45) is 17.8 Å². The zero-order valence-corrected chi connectivity index (χ0v) is 9.90. The van der Waals surface area contributed by atoms with Crippen LogP contribution in [0.5, 0.6) is 0 Å². The Labute approximate surface area is 100 Å². The van der Waals surface area contributed by atoms with E-state index in [2.05, 4.69) is 4.90 Å². The summed E-state index contributed by atoms with van der Waals surface area (Å²) in [7, 11) is 1.74. The quantitative estimate of drug-likeness (QED) is 0.812. The molecule has 1 aliphatic heterocycles. The number of anilines is 2. The predicted octanol–water partition coefficient (Wildman–Crippen LogP) is 1.74. The summed E-state index contributed by atoms with van der Waals surface area (Å²) in [6.07, 6.45) is 0. The number of nitrogens with zero attached hydrogens (tertiary/aromatic N) is 1. The standard InChI is InChI=1S/C13H17FN2O/c1-17-7-11-9-5-16(6-10(9)11)13-3-2-8(15)4-12(13)14/h2-4,9-11H,5-7,15H2,1H3/t9-,10+,11?. The van der Waals surface area contributed by atoms with Gasteiger partial charge in [-0.25, -0.2) is 4.39 Å². The first kappa shape index (κ1) is 10.8.